The monoisotopic (exact) mass is 203 g/mol. The van der Waals surface area contributed by atoms with Crippen molar-refractivity contribution >= 4 is 5.97 Å². The predicted molar refractivity (Wildman–Crippen MR) is 55.1 cm³/mol. The molecule has 0 fully saturated rings. The summed E-state index contributed by atoms with van der Waals surface area (Å²) in [5.41, 5.74) is 0. The SMILES string of the molecule is COCC(C)CNC(C)CC(=O)OC. The summed E-state index contributed by atoms with van der Waals surface area (Å²) in [5.74, 6) is 0.282. The maximum atomic E-state index is 10.9. The highest BCUT2D eigenvalue weighted by molar-refractivity contribution is 5.69. The third-order valence-corrected chi connectivity index (χ3v) is 1.97. The van der Waals surface area contributed by atoms with Crippen LogP contribution in [0.4, 0.5) is 0 Å². The number of carbonyl (C=O) groups excluding carboxylic acids is 1. The second-order valence-corrected chi connectivity index (χ2v) is 3.65. The average Bonchev–Trinajstić information content (AvgIpc) is 2.15. The molecule has 4 nitrogen and oxygen atoms in total. The minimum Gasteiger partial charge on any atom is -0.469 e. The first-order valence-corrected chi connectivity index (χ1v) is 4.89. The molecule has 0 rings (SSSR count). The molecule has 0 saturated heterocycles. The van der Waals surface area contributed by atoms with E-state index in [2.05, 4.69) is 17.0 Å². The molecule has 0 bridgehead atoms. The van der Waals surface area contributed by atoms with Crippen LogP contribution < -0.4 is 5.32 Å². The number of nitrogens with one attached hydrogen (secondary N) is 1. The average molecular weight is 203 g/mol. The summed E-state index contributed by atoms with van der Waals surface area (Å²) in [5, 5.41) is 3.25. The highest BCUT2D eigenvalue weighted by Gasteiger charge is 2.09. The van der Waals surface area contributed by atoms with Crippen LogP contribution in [0.5, 0.6) is 0 Å². The molecule has 2 unspecified atom stereocenters. The van der Waals surface area contributed by atoms with Gasteiger partial charge in [-0.2, -0.15) is 0 Å². The van der Waals surface area contributed by atoms with Crippen molar-refractivity contribution in [3.63, 3.8) is 0 Å². The minimum atomic E-state index is -0.176. The maximum Gasteiger partial charge on any atom is 0.307 e. The predicted octanol–water partition coefficient (Wildman–Crippen LogP) is 0.810. The fourth-order valence-electron chi connectivity index (χ4n) is 1.15. The Balaban J connectivity index is 3.52. The Morgan fingerprint density at radius 2 is 2.00 bits per heavy atom. The van der Waals surface area contributed by atoms with E-state index in [9.17, 15) is 4.79 Å². The first kappa shape index (κ1) is 13.4. The molecule has 0 amide bonds. The first-order valence-electron chi connectivity index (χ1n) is 4.89. The van der Waals surface area contributed by atoms with Crippen molar-refractivity contribution in [3.05, 3.63) is 0 Å². The van der Waals surface area contributed by atoms with Gasteiger partial charge in [0.15, 0.2) is 0 Å². The van der Waals surface area contributed by atoms with Crippen LogP contribution in [0.25, 0.3) is 0 Å². The smallest absolute Gasteiger partial charge is 0.307 e. The van der Waals surface area contributed by atoms with Crippen LogP contribution in [-0.2, 0) is 14.3 Å². The highest BCUT2D eigenvalue weighted by Crippen LogP contribution is 1.97. The normalized spacial score (nSPS) is 14.9. The summed E-state index contributed by atoms with van der Waals surface area (Å²) in [6.07, 6.45) is 0.413. The van der Waals surface area contributed by atoms with Crippen LogP contribution in [0.3, 0.4) is 0 Å². The number of carbonyl (C=O) groups is 1. The molecule has 0 aromatic rings. The Hall–Kier alpha value is -0.610. The third-order valence-electron chi connectivity index (χ3n) is 1.97. The molecule has 0 radical (unpaired) electrons. The van der Waals surface area contributed by atoms with Crippen molar-refractivity contribution in [1.29, 1.82) is 0 Å². The van der Waals surface area contributed by atoms with Crippen LogP contribution in [0.2, 0.25) is 0 Å². The van der Waals surface area contributed by atoms with Crippen molar-refractivity contribution in [3.8, 4) is 0 Å². The van der Waals surface area contributed by atoms with E-state index in [0.29, 0.717) is 12.3 Å². The van der Waals surface area contributed by atoms with Crippen molar-refractivity contribution in [2.45, 2.75) is 26.3 Å². The van der Waals surface area contributed by atoms with Crippen molar-refractivity contribution in [2.75, 3.05) is 27.4 Å². The van der Waals surface area contributed by atoms with Crippen LogP contribution in [-0.4, -0.2) is 39.4 Å². The highest BCUT2D eigenvalue weighted by atomic mass is 16.5. The van der Waals surface area contributed by atoms with E-state index in [1.54, 1.807) is 7.11 Å². The van der Waals surface area contributed by atoms with Crippen LogP contribution in [0.1, 0.15) is 20.3 Å². The van der Waals surface area contributed by atoms with Gasteiger partial charge in [0.1, 0.15) is 0 Å². The van der Waals surface area contributed by atoms with Gasteiger partial charge in [0, 0.05) is 26.3 Å². The van der Waals surface area contributed by atoms with E-state index in [1.165, 1.54) is 7.11 Å². The number of ether oxygens (including phenoxy) is 2. The second-order valence-electron chi connectivity index (χ2n) is 3.65. The van der Waals surface area contributed by atoms with Crippen molar-refractivity contribution in [2.24, 2.45) is 5.92 Å². The number of rotatable bonds is 7. The minimum absolute atomic E-state index is 0.154. The van der Waals surface area contributed by atoms with Gasteiger partial charge < -0.3 is 14.8 Å². The molecule has 84 valence electrons. The molecular formula is C10H21NO3. The molecule has 1 N–H and O–H groups in total. The molecule has 0 aliphatic heterocycles. The zero-order valence-corrected chi connectivity index (χ0v) is 9.50. The van der Waals surface area contributed by atoms with Gasteiger partial charge in [-0.05, 0) is 12.8 Å². The van der Waals surface area contributed by atoms with E-state index in [1.807, 2.05) is 6.92 Å². The van der Waals surface area contributed by atoms with Gasteiger partial charge in [0.25, 0.3) is 0 Å². The molecule has 0 spiro atoms. The summed E-state index contributed by atoms with van der Waals surface area (Å²) in [4.78, 5) is 10.9. The van der Waals surface area contributed by atoms with E-state index in [-0.39, 0.29) is 12.0 Å². The molecule has 0 aromatic heterocycles. The third kappa shape index (κ3) is 6.86. The number of hydrogen-bond acceptors (Lipinski definition) is 4. The lowest BCUT2D eigenvalue weighted by Gasteiger charge is -2.16. The van der Waals surface area contributed by atoms with Gasteiger partial charge in [0.2, 0.25) is 0 Å². The summed E-state index contributed by atoms with van der Waals surface area (Å²) < 4.78 is 9.58. The van der Waals surface area contributed by atoms with Gasteiger partial charge in [-0.3, -0.25) is 4.79 Å². The standard InChI is InChI=1S/C10H21NO3/c1-8(7-13-3)6-11-9(2)5-10(12)14-4/h8-9,11H,5-7H2,1-4H3. The van der Waals surface area contributed by atoms with Crippen molar-refractivity contribution < 1.29 is 14.3 Å². The molecular weight excluding hydrogens is 182 g/mol. The maximum absolute atomic E-state index is 10.9. The fourth-order valence-corrected chi connectivity index (χ4v) is 1.15. The van der Waals surface area contributed by atoms with Crippen LogP contribution in [0.15, 0.2) is 0 Å². The lowest BCUT2D eigenvalue weighted by molar-refractivity contribution is -0.141. The number of methoxy groups -OCH3 is 2. The Kier molecular flexibility index (Phi) is 7.42. The Morgan fingerprint density at radius 1 is 1.36 bits per heavy atom. The molecule has 0 aliphatic carbocycles. The first-order chi connectivity index (χ1) is 6.60. The number of esters is 1. The number of hydrogen-bond donors (Lipinski definition) is 1. The summed E-state index contributed by atoms with van der Waals surface area (Å²) in [6.45, 7) is 5.65. The van der Waals surface area contributed by atoms with Gasteiger partial charge in [-0.25, -0.2) is 0 Å². The topological polar surface area (TPSA) is 47.6 Å². The van der Waals surface area contributed by atoms with E-state index >= 15 is 0 Å². The molecule has 2 atom stereocenters. The Morgan fingerprint density at radius 3 is 2.50 bits per heavy atom. The summed E-state index contributed by atoms with van der Waals surface area (Å²) >= 11 is 0. The van der Waals surface area contributed by atoms with Gasteiger partial charge in [-0.1, -0.05) is 6.92 Å². The fraction of sp³-hybridized carbons (Fsp3) is 0.900. The Labute approximate surface area is 86.0 Å². The zero-order chi connectivity index (χ0) is 11.0. The molecule has 0 aliphatic rings. The molecule has 14 heavy (non-hydrogen) atoms. The van der Waals surface area contributed by atoms with Crippen molar-refractivity contribution in [1.82, 2.24) is 5.32 Å². The van der Waals surface area contributed by atoms with E-state index in [4.69, 9.17) is 4.74 Å². The van der Waals surface area contributed by atoms with Crippen LogP contribution in [0, 0.1) is 5.92 Å². The van der Waals surface area contributed by atoms with Gasteiger partial charge >= 0.3 is 5.97 Å². The summed E-state index contributed by atoms with van der Waals surface area (Å²) in [6, 6.07) is 0.154. The lowest BCUT2D eigenvalue weighted by Crippen LogP contribution is -2.33. The van der Waals surface area contributed by atoms with Crippen LogP contribution >= 0.6 is 0 Å². The van der Waals surface area contributed by atoms with E-state index in [0.717, 1.165) is 13.2 Å². The second kappa shape index (κ2) is 7.76. The quantitative estimate of drug-likeness (QED) is 0.622. The Bertz CT molecular complexity index is 161. The molecule has 4 heteroatoms. The largest absolute Gasteiger partial charge is 0.469 e. The summed E-state index contributed by atoms with van der Waals surface area (Å²) in [7, 11) is 3.09. The molecule has 0 aromatic carbocycles. The van der Waals surface area contributed by atoms with Gasteiger partial charge in [0.05, 0.1) is 13.5 Å². The van der Waals surface area contributed by atoms with Gasteiger partial charge in [-0.15, -0.1) is 0 Å². The zero-order valence-electron chi connectivity index (χ0n) is 9.50. The lowest BCUT2D eigenvalue weighted by atomic mass is 10.1. The molecule has 0 heterocycles. The molecule has 0 saturated carbocycles. The van der Waals surface area contributed by atoms with E-state index < -0.39 is 0 Å².